The molecule has 0 radical (unpaired) electrons. The normalized spacial score (nSPS) is 27.1. The topological polar surface area (TPSA) is 8.17 Å². The van der Waals surface area contributed by atoms with Crippen LogP contribution in [0.25, 0.3) is 10.9 Å². The summed E-state index contributed by atoms with van der Waals surface area (Å²) in [5.41, 5.74) is 1.41. The lowest BCUT2D eigenvalue weighted by molar-refractivity contribution is 0.0894. The van der Waals surface area contributed by atoms with Crippen molar-refractivity contribution >= 4 is 10.9 Å². The molecule has 2 fully saturated rings. The molecule has 2 aromatic rings. The summed E-state index contributed by atoms with van der Waals surface area (Å²) >= 11 is 0. The average molecular weight is 325 g/mol. The molecular weight excluding hydrogens is 292 g/mol. The van der Waals surface area contributed by atoms with Crippen molar-refractivity contribution in [2.45, 2.75) is 64.5 Å². The van der Waals surface area contributed by atoms with Crippen LogP contribution in [0.4, 0.5) is 0 Å². The molecule has 1 aromatic carbocycles. The Morgan fingerprint density at radius 1 is 0.833 bits per heavy atom. The summed E-state index contributed by atoms with van der Waals surface area (Å²) in [4.78, 5) is 2.80. The van der Waals surface area contributed by atoms with Crippen molar-refractivity contribution in [1.29, 1.82) is 0 Å². The Morgan fingerprint density at radius 3 is 2.25 bits per heavy atom. The first-order valence-corrected chi connectivity index (χ1v) is 10.0. The van der Waals surface area contributed by atoms with Gasteiger partial charge in [0.1, 0.15) is 0 Å². The Labute approximate surface area is 146 Å². The average Bonchev–Trinajstić information content (AvgIpc) is 3.06. The van der Waals surface area contributed by atoms with Gasteiger partial charge < -0.3 is 9.47 Å². The number of fused-ring (bicyclic) bond motifs is 1. The van der Waals surface area contributed by atoms with Gasteiger partial charge in [-0.05, 0) is 67.9 Å². The van der Waals surface area contributed by atoms with Crippen LogP contribution in [0.2, 0.25) is 0 Å². The summed E-state index contributed by atoms with van der Waals surface area (Å²) in [6.07, 6.45) is 10.7. The predicted molar refractivity (Wildman–Crippen MR) is 102 cm³/mol. The quantitative estimate of drug-likeness (QED) is 0.724. The number of hydrogen-bond donors (Lipinski definition) is 0. The summed E-state index contributed by atoms with van der Waals surface area (Å²) in [6, 6.07) is 12.6. The molecule has 130 valence electrons. The standard InChI is InChI=1S/C22H32N2/c1-17(2)18-7-9-20(10-8-18)23-14-12-21(13-15-23)24-16-11-19-5-3-4-6-22(19)24/h3-6,11,16-18,20-21H,7-10,12-15H2,1-2H3/t18-,20-. The maximum Gasteiger partial charge on any atom is 0.0482 e. The highest BCUT2D eigenvalue weighted by molar-refractivity contribution is 5.80. The second kappa shape index (κ2) is 6.92. The largest absolute Gasteiger partial charge is 0.344 e. The number of aromatic nitrogens is 1. The van der Waals surface area contributed by atoms with Gasteiger partial charge in [0.2, 0.25) is 0 Å². The van der Waals surface area contributed by atoms with Crippen molar-refractivity contribution in [3.63, 3.8) is 0 Å². The van der Waals surface area contributed by atoms with Crippen LogP contribution in [0.15, 0.2) is 36.5 Å². The first-order valence-electron chi connectivity index (χ1n) is 10.0. The Kier molecular flexibility index (Phi) is 4.67. The van der Waals surface area contributed by atoms with Crippen LogP contribution in [-0.4, -0.2) is 28.6 Å². The molecule has 1 saturated heterocycles. The van der Waals surface area contributed by atoms with Crippen LogP contribution in [0.3, 0.4) is 0 Å². The van der Waals surface area contributed by atoms with E-state index in [1.54, 1.807) is 0 Å². The van der Waals surface area contributed by atoms with E-state index >= 15 is 0 Å². The minimum atomic E-state index is 0.688. The number of piperidine rings is 1. The van der Waals surface area contributed by atoms with Gasteiger partial charge in [-0.1, -0.05) is 32.0 Å². The first-order chi connectivity index (χ1) is 11.7. The van der Waals surface area contributed by atoms with Gasteiger partial charge in [0.25, 0.3) is 0 Å². The predicted octanol–water partition coefficient (Wildman–Crippen LogP) is 5.49. The number of para-hydroxylation sites is 1. The zero-order valence-electron chi connectivity index (χ0n) is 15.3. The molecule has 0 unspecified atom stereocenters. The molecule has 1 saturated carbocycles. The maximum atomic E-state index is 2.80. The van der Waals surface area contributed by atoms with Crippen molar-refractivity contribution in [2.24, 2.45) is 11.8 Å². The number of rotatable bonds is 3. The second-order valence-corrected chi connectivity index (χ2v) is 8.36. The van der Waals surface area contributed by atoms with E-state index in [0.717, 1.165) is 17.9 Å². The summed E-state index contributed by atoms with van der Waals surface area (Å²) < 4.78 is 2.53. The highest BCUT2D eigenvalue weighted by Crippen LogP contribution is 2.35. The molecule has 1 aromatic heterocycles. The fraction of sp³-hybridized carbons (Fsp3) is 0.636. The molecule has 0 N–H and O–H groups in total. The fourth-order valence-electron chi connectivity index (χ4n) is 5.09. The SMILES string of the molecule is CC(C)[C@H]1CC[C@H](N2CCC(n3ccc4ccccc43)CC2)CC1. The molecule has 4 rings (SSSR count). The lowest BCUT2D eigenvalue weighted by Gasteiger charge is -2.42. The van der Waals surface area contributed by atoms with E-state index in [4.69, 9.17) is 0 Å². The van der Waals surface area contributed by atoms with Crippen molar-refractivity contribution in [1.82, 2.24) is 9.47 Å². The van der Waals surface area contributed by atoms with Crippen LogP contribution in [0.5, 0.6) is 0 Å². The molecule has 24 heavy (non-hydrogen) atoms. The number of nitrogens with zero attached hydrogens (tertiary/aromatic N) is 2. The third kappa shape index (κ3) is 3.13. The molecule has 2 aliphatic rings. The minimum absolute atomic E-state index is 0.688. The zero-order valence-corrected chi connectivity index (χ0v) is 15.3. The van der Waals surface area contributed by atoms with E-state index in [1.807, 2.05) is 0 Å². The van der Waals surface area contributed by atoms with Crippen LogP contribution in [-0.2, 0) is 0 Å². The monoisotopic (exact) mass is 324 g/mol. The van der Waals surface area contributed by atoms with Crippen LogP contribution >= 0.6 is 0 Å². The molecule has 2 heteroatoms. The van der Waals surface area contributed by atoms with Crippen molar-refractivity contribution in [3.05, 3.63) is 36.5 Å². The van der Waals surface area contributed by atoms with Gasteiger partial charge >= 0.3 is 0 Å². The number of likely N-dealkylation sites (tertiary alicyclic amines) is 1. The maximum absolute atomic E-state index is 2.80. The summed E-state index contributed by atoms with van der Waals surface area (Å²) in [7, 11) is 0. The van der Waals surface area contributed by atoms with E-state index in [0.29, 0.717) is 6.04 Å². The van der Waals surface area contributed by atoms with Crippen LogP contribution < -0.4 is 0 Å². The van der Waals surface area contributed by atoms with Crippen LogP contribution in [0, 0.1) is 11.8 Å². The smallest absolute Gasteiger partial charge is 0.0482 e. The second-order valence-electron chi connectivity index (χ2n) is 8.36. The minimum Gasteiger partial charge on any atom is -0.344 e. The summed E-state index contributed by atoms with van der Waals surface area (Å²) in [5, 5.41) is 1.38. The highest BCUT2D eigenvalue weighted by Gasteiger charge is 2.30. The Hall–Kier alpha value is -1.28. The lowest BCUT2D eigenvalue weighted by atomic mass is 9.79. The van der Waals surface area contributed by atoms with E-state index < -0.39 is 0 Å². The fourth-order valence-corrected chi connectivity index (χ4v) is 5.09. The molecule has 0 spiro atoms. The third-order valence-electron chi connectivity index (χ3n) is 6.72. The third-order valence-corrected chi connectivity index (χ3v) is 6.72. The Morgan fingerprint density at radius 2 is 1.54 bits per heavy atom. The molecule has 1 aliphatic heterocycles. The van der Waals surface area contributed by atoms with Crippen LogP contribution in [0.1, 0.15) is 58.4 Å². The molecule has 0 bridgehead atoms. The van der Waals surface area contributed by atoms with Gasteiger partial charge in [0, 0.05) is 36.9 Å². The van der Waals surface area contributed by atoms with Gasteiger partial charge in [-0.3, -0.25) is 0 Å². The molecular formula is C22H32N2. The Bertz CT molecular complexity index is 655. The summed E-state index contributed by atoms with van der Waals surface area (Å²) in [6.45, 7) is 7.37. The van der Waals surface area contributed by atoms with Gasteiger partial charge in [-0.15, -0.1) is 0 Å². The summed E-state index contributed by atoms with van der Waals surface area (Å²) in [5.74, 6) is 1.85. The first kappa shape index (κ1) is 16.2. The van der Waals surface area contributed by atoms with Crippen molar-refractivity contribution in [3.8, 4) is 0 Å². The molecule has 0 atom stereocenters. The molecule has 0 amide bonds. The van der Waals surface area contributed by atoms with Gasteiger partial charge in [-0.2, -0.15) is 0 Å². The van der Waals surface area contributed by atoms with E-state index in [2.05, 4.69) is 59.8 Å². The zero-order chi connectivity index (χ0) is 16.5. The van der Waals surface area contributed by atoms with E-state index in [-0.39, 0.29) is 0 Å². The number of hydrogen-bond acceptors (Lipinski definition) is 1. The van der Waals surface area contributed by atoms with Crippen molar-refractivity contribution in [2.75, 3.05) is 13.1 Å². The molecule has 1 aliphatic carbocycles. The number of benzene rings is 1. The Balaban J connectivity index is 1.36. The molecule has 2 nitrogen and oxygen atoms in total. The lowest BCUT2D eigenvalue weighted by Crippen LogP contribution is -2.43. The molecule has 2 heterocycles. The van der Waals surface area contributed by atoms with Crippen molar-refractivity contribution < 1.29 is 0 Å². The highest BCUT2D eigenvalue weighted by atomic mass is 15.2. The van der Waals surface area contributed by atoms with E-state index in [1.165, 1.54) is 62.5 Å². The van der Waals surface area contributed by atoms with Gasteiger partial charge in [0.15, 0.2) is 0 Å². The van der Waals surface area contributed by atoms with Gasteiger partial charge in [-0.25, -0.2) is 0 Å². The van der Waals surface area contributed by atoms with E-state index in [9.17, 15) is 0 Å². The van der Waals surface area contributed by atoms with Gasteiger partial charge in [0.05, 0.1) is 0 Å².